The third-order valence-electron chi connectivity index (χ3n) is 0.901. The summed E-state index contributed by atoms with van der Waals surface area (Å²) in [7, 11) is 1.47. The van der Waals surface area contributed by atoms with Crippen LogP contribution in [0, 0.1) is 0 Å². The van der Waals surface area contributed by atoms with Crippen LogP contribution in [-0.2, 0) is 9.22 Å². The smallest absolute Gasteiger partial charge is 0.319 e. The van der Waals surface area contributed by atoms with Gasteiger partial charge in [-0.15, -0.1) is 0 Å². The van der Waals surface area contributed by atoms with E-state index in [2.05, 4.69) is 11.0 Å². The van der Waals surface area contributed by atoms with Crippen molar-refractivity contribution in [2.75, 3.05) is 0 Å². The second kappa shape index (κ2) is 3.62. The van der Waals surface area contributed by atoms with Gasteiger partial charge in [-0.05, 0) is 6.04 Å². The first kappa shape index (κ1) is 7.64. The van der Waals surface area contributed by atoms with Crippen LogP contribution in [-0.4, -0.2) is 26.7 Å². The highest BCUT2D eigenvalue weighted by molar-refractivity contribution is 6.16. The van der Waals surface area contributed by atoms with Crippen LogP contribution in [0.5, 0.6) is 0 Å². The average molecular weight is 146 g/mol. The van der Waals surface area contributed by atoms with Gasteiger partial charge in [0.1, 0.15) is 0 Å². The molecule has 0 radical (unpaired) electrons. The van der Waals surface area contributed by atoms with E-state index in [1.165, 1.54) is 0 Å². The zero-order chi connectivity index (χ0) is 6.57. The average Bonchev–Trinajstić information content (AvgIpc) is 1.84. The molecule has 4 heteroatoms. The van der Waals surface area contributed by atoms with Crippen LogP contribution >= 0.6 is 0 Å². The predicted octanol–water partition coefficient (Wildman–Crippen LogP) is -1.85. The van der Waals surface area contributed by atoms with Crippen LogP contribution in [0.1, 0.15) is 0 Å². The molecule has 0 aromatic rings. The molecule has 2 nitrogen and oxygen atoms in total. The normalized spacial score (nSPS) is 9.00. The maximum Gasteiger partial charge on any atom is 0.319 e. The molecule has 0 rings (SSSR count). The molecule has 0 aromatic heterocycles. The summed E-state index contributed by atoms with van der Waals surface area (Å²) >= 11 is 0. The largest absolute Gasteiger partial charge is 0.526 e. The monoisotopic (exact) mass is 146 g/mol. The molecule has 0 N–H and O–H groups in total. The summed E-state index contributed by atoms with van der Waals surface area (Å²) in [6, 6.07) is 0.821. The Balaban J connectivity index is 3.64. The van der Waals surface area contributed by atoms with Gasteiger partial charge >= 0.3 is 5.97 Å². The summed E-state index contributed by atoms with van der Waals surface area (Å²) in [5, 5.41) is 0. The molecule has 0 aliphatic carbocycles. The molecule has 0 heterocycles. The second-order valence-corrected chi connectivity index (χ2v) is 2.56. The molecule has 0 fully saturated rings. The van der Waals surface area contributed by atoms with Gasteiger partial charge < -0.3 is 4.43 Å². The van der Waals surface area contributed by atoms with E-state index in [0.717, 1.165) is 16.3 Å². The first-order valence-corrected chi connectivity index (χ1v) is 4.71. The summed E-state index contributed by atoms with van der Waals surface area (Å²) < 4.78 is 4.53. The van der Waals surface area contributed by atoms with E-state index in [1.807, 2.05) is 0 Å². The van der Waals surface area contributed by atoms with Crippen LogP contribution in [0.3, 0.4) is 0 Å². The Bertz CT molecular complexity index is 96.6. The Hall–Kier alpha value is -0.356. The Morgan fingerprint density at radius 1 is 1.75 bits per heavy atom. The SMILES string of the molecule is C=C(C[SiH3])C(=O)O[SiH3]. The van der Waals surface area contributed by atoms with Crippen molar-refractivity contribution in [2.45, 2.75) is 6.04 Å². The topological polar surface area (TPSA) is 26.3 Å². The zero-order valence-electron chi connectivity index (χ0n) is 5.23. The number of carbonyl (C=O) groups excluding carboxylic acids is 1. The van der Waals surface area contributed by atoms with Crippen molar-refractivity contribution in [1.29, 1.82) is 0 Å². The zero-order valence-corrected chi connectivity index (χ0v) is 9.23. The van der Waals surface area contributed by atoms with Gasteiger partial charge in [-0.2, -0.15) is 0 Å². The van der Waals surface area contributed by atoms with Crippen molar-refractivity contribution in [1.82, 2.24) is 0 Å². The third-order valence-corrected chi connectivity index (χ3v) is 2.13. The number of rotatable bonds is 2. The fourth-order valence-electron chi connectivity index (χ4n) is 0.289. The molecule has 0 spiro atoms. The van der Waals surface area contributed by atoms with Crippen LogP contribution < -0.4 is 0 Å². The molecular formula is C4H10O2Si2. The van der Waals surface area contributed by atoms with E-state index in [4.69, 9.17) is 0 Å². The molecular weight excluding hydrogens is 136 g/mol. The summed E-state index contributed by atoms with van der Waals surface area (Å²) in [6.07, 6.45) is 0. The van der Waals surface area contributed by atoms with Gasteiger partial charge in [0.05, 0.1) is 0 Å². The molecule has 0 bridgehead atoms. The number of hydrogen-bond donors (Lipinski definition) is 0. The Kier molecular flexibility index (Phi) is 3.46. The van der Waals surface area contributed by atoms with Crippen molar-refractivity contribution in [2.24, 2.45) is 0 Å². The fraction of sp³-hybridized carbons (Fsp3) is 0.250. The lowest BCUT2D eigenvalue weighted by molar-refractivity contribution is -0.129. The van der Waals surface area contributed by atoms with Gasteiger partial charge in [0.25, 0.3) is 0 Å². The molecule has 0 unspecified atom stereocenters. The van der Waals surface area contributed by atoms with Gasteiger partial charge in [-0.25, -0.2) is 4.79 Å². The summed E-state index contributed by atoms with van der Waals surface area (Å²) in [4.78, 5) is 10.5. The van der Waals surface area contributed by atoms with Crippen molar-refractivity contribution in [3.63, 3.8) is 0 Å². The molecule has 8 heavy (non-hydrogen) atoms. The highest BCUT2D eigenvalue weighted by atomic mass is 28.2. The summed E-state index contributed by atoms with van der Waals surface area (Å²) in [6.45, 7) is 3.53. The van der Waals surface area contributed by atoms with Crippen LogP contribution in [0.15, 0.2) is 12.2 Å². The maximum absolute atomic E-state index is 10.5. The van der Waals surface area contributed by atoms with Crippen molar-refractivity contribution < 1.29 is 9.22 Å². The first-order valence-electron chi connectivity index (χ1n) is 2.48. The summed E-state index contributed by atoms with van der Waals surface area (Å²) in [5.74, 6) is -0.216. The van der Waals surface area contributed by atoms with Crippen molar-refractivity contribution in [3.8, 4) is 0 Å². The molecule has 0 atom stereocenters. The molecule has 0 aliphatic rings. The number of carbonyl (C=O) groups is 1. The maximum atomic E-state index is 10.5. The van der Waals surface area contributed by atoms with Gasteiger partial charge in [-0.1, -0.05) is 6.58 Å². The van der Waals surface area contributed by atoms with Crippen LogP contribution in [0.4, 0.5) is 0 Å². The molecule has 0 saturated heterocycles. The fourth-order valence-corrected chi connectivity index (χ4v) is 0.866. The van der Waals surface area contributed by atoms with Crippen molar-refractivity contribution in [3.05, 3.63) is 12.2 Å². The van der Waals surface area contributed by atoms with Gasteiger partial charge in [0, 0.05) is 15.8 Å². The second-order valence-electron chi connectivity index (χ2n) is 1.45. The molecule has 0 aromatic carbocycles. The Morgan fingerprint density at radius 2 is 2.25 bits per heavy atom. The van der Waals surface area contributed by atoms with E-state index in [-0.39, 0.29) is 5.97 Å². The van der Waals surface area contributed by atoms with Gasteiger partial charge in [-0.3, -0.25) is 0 Å². The van der Waals surface area contributed by atoms with Crippen molar-refractivity contribution >= 4 is 26.7 Å². The molecule has 0 amide bonds. The van der Waals surface area contributed by atoms with E-state index in [9.17, 15) is 4.79 Å². The highest BCUT2D eigenvalue weighted by Crippen LogP contribution is 1.95. The lowest BCUT2D eigenvalue weighted by Gasteiger charge is -1.97. The van der Waals surface area contributed by atoms with E-state index < -0.39 is 0 Å². The highest BCUT2D eigenvalue weighted by Gasteiger charge is 1.99. The van der Waals surface area contributed by atoms with E-state index >= 15 is 0 Å². The molecule has 0 aliphatic heterocycles. The Labute approximate surface area is 54.9 Å². The van der Waals surface area contributed by atoms with Crippen LogP contribution in [0.2, 0.25) is 6.04 Å². The lowest BCUT2D eigenvalue weighted by Crippen LogP contribution is -2.03. The predicted molar refractivity (Wildman–Crippen MR) is 39.9 cm³/mol. The van der Waals surface area contributed by atoms with Gasteiger partial charge in [0.15, 0.2) is 0 Å². The van der Waals surface area contributed by atoms with Gasteiger partial charge in [0.2, 0.25) is 10.5 Å². The lowest BCUT2D eigenvalue weighted by atomic mass is 10.4. The number of hydrogen-bond acceptors (Lipinski definition) is 2. The Morgan fingerprint density at radius 3 is 2.38 bits per heavy atom. The molecule has 0 saturated carbocycles. The molecule has 46 valence electrons. The third kappa shape index (κ3) is 2.08. The quantitative estimate of drug-likeness (QED) is 0.338. The summed E-state index contributed by atoms with van der Waals surface area (Å²) in [5.41, 5.74) is 0.617. The van der Waals surface area contributed by atoms with E-state index in [0.29, 0.717) is 16.1 Å². The van der Waals surface area contributed by atoms with E-state index in [1.54, 1.807) is 0 Å². The minimum Gasteiger partial charge on any atom is -0.526 e. The first-order chi connectivity index (χ1) is 3.72. The van der Waals surface area contributed by atoms with Crippen LogP contribution in [0.25, 0.3) is 0 Å². The standard InChI is InChI=1S/C4H10O2Si2/c1-3(2-7)4(5)6-8/h1-2H2,7-8H3. The minimum absolute atomic E-state index is 0.216. The minimum atomic E-state index is -0.216.